The number of halogens is 7. The molecule has 1 aromatic rings. The Kier molecular flexibility index (Phi) is 3.67. The van der Waals surface area contributed by atoms with E-state index in [1.54, 1.807) is 0 Å². The van der Waals surface area contributed by atoms with Gasteiger partial charge in [-0.05, 0) is 0 Å². The van der Waals surface area contributed by atoms with E-state index in [2.05, 4.69) is 4.98 Å². The normalized spacial score (nSPS) is 12.2. The van der Waals surface area contributed by atoms with Gasteiger partial charge in [0.05, 0.1) is 22.7 Å². The second-order valence-electron chi connectivity index (χ2n) is 2.78. The molecule has 1 aromatic heterocycles. The highest BCUT2D eigenvalue weighted by Gasteiger charge is 2.38. The molecule has 0 aromatic carbocycles. The molecule has 0 unspecified atom stereocenters. The molecule has 0 spiro atoms. The molecule has 0 radical (unpaired) electrons. The Balaban J connectivity index is 3.51. The number of hydrogen-bond donors (Lipinski definition) is 0. The molecular formula is C8H4ClF6N. The van der Waals surface area contributed by atoms with Gasteiger partial charge in [-0.3, -0.25) is 0 Å². The monoisotopic (exact) mass is 263 g/mol. The summed E-state index contributed by atoms with van der Waals surface area (Å²) in [5.41, 5.74) is -3.92. The Morgan fingerprint density at radius 3 is 2.25 bits per heavy atom. The molecule has 0 aliphatic heterocycles. The van der Waals surface area contributed by atoms with E-state index < -0.39 is 41.3 Å². The smallest absolute Gasteiger partial charge is 0.223 e. The number of nitrogens with zero attached hydrogens (tertiary/aromatic N) is 1. The molecule has 0 N–H and O–H groups in total. The number of pyridine rings is 1. The average Bonchev–Trinajstić information content (AvgIpc) is 2.14. The number of alkyl halides is 6. The van der Waals surface area contributed by atoms with Gasteiger partial charge in [-0.2, -0.15) is 17.6 Å². The maximum atomic E-state index is 12.7. The fourth-order valence-corrected chi connectivity index (χ4v) is 1.36. The fourth-order valence-electron chi connectivity index (χ4n) is 1.15. The van der Waals surface area contributed by atoms with Crippen LogP contribution in [0.1, 0.15) is 23.2 Å². The van der Waals surface area contributed by atoms with Gasteiger partial charge in [0.1, 0.15) is 0 Å². The summed E-state index contributed by atoms with van der Waals surface area (Å²) in [6.45, 7) is 0. The molecule has 0 saturated carbocycles. The van der Waals surface area contributed by atoms with E-state index in [0.717, 1.165) is 0 Å². The van der Waals surface area contributed by atoms with E-state index in [1.807, 2.05) is 0 Å². The first kappa shape index (κ1) is 13.1. The third kappa shape index (κ3) is 2.58. The van der Waals surface area contributed by atoms with E-state index in [1.165, 1.54) is 0 Å². The number of aromatic nitrogens is 1. The summed E-state index contributed by atoms with van der Waals surface area (Å²) in [6.07, 6.45) is -8.49. The highest BCUT2D eigenvalue weighted by molar-refractivity contribution is 6.17. The van der Waals surface area contributed by atoms with Crippen molar-refractivity contribution < 1.29 is 26.3 Å². The summed E-state index contributed by atoms with van der Waals surface area (Å²) in [7, 11) is 0. The van der Waals surface area contributed by atoms with Crippen molar-refractivity contribution in [3.63, 3.8) is 0 Å². The SMILES string of the molecule is Fc1cc(C(F)(F)F)c(C(F)F)c(CCl)n1. The van der Waals surface area contributed by atoms with E-state index in [0.29, 0.717) is 0 Å². The lowest BCUT2D eigenvalue weighted by molar-refractivity contribution is -0.139. The lowest BCUT2D eigenvalue weighted by Gasteiger charge is -2.14. The van der Waals surface area contributed by atoms with Crippen LogP contribution in [0.25, 0.3) is 0 Å². The Labute approximate surface area is 91.0 Å². The summed E-state index contributed by atoms with van der Waals surface area (Å²) in [4.78, 5) is 2.91. The van der Waals surface area contributed by atoms with Crippen molar-refractivity contribution in [1.29, 1.82) is 0 Å². The van der Waals surface area contributed by atoms with Crippen LogP contribution in [0.4, 0.5) is 26.3 Å². The third-order valence-corrected chi connectivity index (χ3v) is 2.01. The summed E-state index contributed by atoms with van der Waals surface area (Å²) >= 11 is 5.14. The first-order valence-corrected chi connectivity index (χ1v) is 4.41. The second-order valence-corrected chi connectivity index (χ2v) is 3.05. The summed E-state index contributed by atoms with van der Waals surface area (Å²) in [5, 5.41) is 0. The molecule has 1 nitrogen and oxygen atoms in total. The molecule has 1 heterocycles. The van der Waals surface area contributed by atoms with Crippen molar-refractivity contribution in [3.05, 3.63) is 28.8 Å². The van der Waals surface area contributed by atoms with Gasteiger partial charge in [-0.25, -0.2) is 13.8 Å². The second kappa shape index (κ2) is 4.48. The van der Waals surface area contributed by atoms with Crippen molar-refractivity contribution in [2.24, 2.45) is 0 Å². The van der Waals surface area contributed by atoms with Crippen LogP contribution in [0.2, 0.25) is 0 Å². The zero-order valence-corrected chi connectivity index (χ0v) is 8.21. The number of hydrogen-bond acceptors (Lipinski definition) is 1. The van der Waals surface area contributed by atoms with E-state index in [-0.39, 0.29) is 6.07 Å². The minimum absolute atomic E-state index is 0.0719. The highest BCUT2D eigenvalue weighted by Crippen LogP contribution is 2.38. The quantitative estimate of drug-likeness (QED) is 0.448. The third-order valence-electron chi connectivity index (χ3n) is 1.76. The minimum Gasteiger partial charge on any atom is -0.223 e. The van der Waals surface area contributed by atoms with Crippen LogP contribution < -0.4 is 0 Å². The lowest BCUT2D eigenvalue weighted by atomic mass is 10.1. The molecule has 16 heavy (non-hydrogen) atoms. The maximum Gasteiger partial charge on any atom is 0.417 e. The van der Waals surface area contributed by atoms with Gasteiger partial charge < -0.3 is 0 Å². The average molecular weight is 264 g/mol. The van der Waals surface area contributed by atoms with E-state index >= 15 is 0 Å². The van der Waals surface area contributed by atoms with Crippen LogP contribution in [0, 0.1) is 5.95 Å². The summed E-state index contributed by atoms with van der Waals surface area (Å²) in [6, 6.07) is -0.0719. The van der Waals surface area contributed by atoms with Crippen molar-refractivity contribution in [3.8, 4) is 0 Å². The Morgan fingerprint density at radius 2 is 1.88 bits per heavy atom. The molecule has 0 saturated heterocycles. The van der Waals surface area contributed by atoms with E-state index in [4.69, 9.17) is 11.6 Å². The van der Waals surface area contributed by atoms with Gasteiger partial charge in [0.25, 0.3) is 6.43 Å². The zero-order chi connectivity index (χ0) is 12.5. The Bertz CT molecular complexity index is 389. The summed E-state index contributed by atoms with van der Waals surface area (Å²) < 4.78 is 74.5. The standard InChI is InChI=1S/C8H4ClF6N/c9-2-4-6(7(11)12)3(8(13,14)15)1-5(10)16-4/h1,7H,2H2. The van der Waals surface area contributed by atoms with Crippen molar-refractivity contribution in [1.82, 2.24) is 4.98 Å². The first-order chi connectivity index (χ1) is 7.27. The molecule has 90 valence electrons. The Morgan fingerprint density at radius 1 is 1.31 bits per heavy atom. The van der Waals surface area contributed by atoms with Crippen LogP contribution in [0.15, 0.2) is 6.07 Å². The van der Waals surface area contributed by atoms with Crippen LogP contribution in [0.5, 0.6) is 0 Å². The van der Waals surface area contributed by atoms with Gasteiger partial charge in [0.2, 0.25) is 5.95 Å². The van der Waals surface area contributed by atoms with Gasteiger partial charge in [-0.15, -0.1) is 11.6 Å². The molecule has 8 heteroatoms. The Hall–Kier alpha value is -0.980. The van der Waals surface area contributed by atoms with Gasteiger partial charge in [0, 0.05) is 6.07 Å². The van der Waals surface area contributed by atoms with E-state index in [9.17, 15) is 26.3 Å². The molecule has 0 aliphatic rings. The van der Waals surface area contributed by atoms with Gasteiger partial charge in [0.15, 0.2) is 0 Å². The fraction of sp³-hybridized carbons (Fsp3) is 0.375. The topological polar surface area (TPSA) is 12.9 Å². The summed E-state index contributed by atoms with van der Waals surface area (Å²) in [5.74, 6) is -2.21. The van der Waals surface area contributed by atoms with Crippen molar-refractivity contribution in [2.75, 3.05) is 0 Å². The highest BCUT2D eigenvalue weighted by atomic mass is 35.5. The largest absolute Gasteiger partial charge is 0.417 e. The maximum absolute atomic E-state index is 12.7. The van der Waals surface area contributed by atoms with Crippen molar-refractivity contribution in [2.45, 2.75) is 18.5 Å². The lowest BCUT2D eigenvalue weighted by Crippen LogP contribution is -2.14. The minimum atomic E-state index is -5.07. The first-order valence-electron chi connectivity index (χ1n) is 3.88. The molecule has 0 bridgehead atoms. The van der Waals surface area contributed by atoms with Crippen LogP contribution >= 0.6 is 11.6 Å². The number of rotatable bonds is 2. The molecular weight excluding hydrogens is 260 g/mol. The van der Waals surface area contributed by atoms with Crippen LogP contribution in [-0.4, -0.2) is 4.98 Å². The zero-order valence-electron chi connectivity index (χ0n) is 7.45. The van der Waals surface area contributed by atoms with Crippen LogP contribution in [-0.2, 0) is 12.1 Å². The van der Waals surface area contributed by atoms with Crippen molar-refractivity contribution >= 4 is 11.6 Å². The predicted molar refractivity (Wildman–Crippen MR) is 43.7 cm³/mol. The van der Waals surface area contributed by atoms with Gasteiger partial charge >= 0.3 is 6.18 Å². The molecule has 0 aliphatic carbocycles. The molecule has 0 fully saturated rings. The molecule has 0 atom stereocenters. The van der Waals surface area contributed by atoms with Crippen LogP contribution in [0.3, 0.4) is 0 Å². The predicted octanol–water partition coefficient (Wildman–Crippen LogP) is 3.92. The molecule has 1 rings (SSSR count). The molecule has 0 amide bonds. The van der Waals surface area contributed by atoms with Gasteiger partial charge in [-0.1, -0.05) is 0 Å².